The van der Waals surface area contributed by atoms with E-state index in [1.54, 1.807) is 0 Å². The summed E-state index contributed by atoms with van der Waals surface area (Å²) < 4.78 is 30.5. The minimum Gasteiger partial charge on any atom is -0.465 e. The SMILES string of the molecule is COC(=O)c1ccc(Cl)cc1NC(=O)NS(=O)(=O)c1cccnc1. The van der Waals surface area contributed by atoms with Gasteiger partial charge in [-0.05, 0) is 30.3 Å². The van der Waals surface area contributed by atoms with Gasteiger partial charge in [-0.2, -0.15) is 0 Å². The highest BCUT2D eigenvalue weighted by Crippen LogP contribution is 2.22. The predicted molar refractivity (Wildman–Crippen MR) is 86.4 cm³/mol. The highest BCUT2D eigenvalue weighted by molar-refractivity contribution is 7.90. The summed E-state index contributed by atoms with van der Waals surface area (Å²) in [5.41, 5.74) is 0.0315. The van der Waals surface area contributed by atoms with Gasteiger partial charge in [0.15, 0.2) is 0 Å². The van der Waals surface area contributed by atoms with Crippen molar-refractivity contribution < 1.29 is 22.7 Å². The number of nitrogens with zero attached hydrogens (tertiary/aromatic N) is 1. The van der Waals surface area contributed by atoms with E-state index in [9.17, 15) is 18.0 Å². The molecule has 2 rings (SSSR count). The van der Waals surface area contributed by atoms with Gasteiger partial charge in [0.1, 0.15) is 4.90 Å². The molecular weight excluding hydrogens is 358 g/mol. The molecular formula is C14H12ClN3O5S. The van der Waals surface area contributed by atoms with Crippen LogP contribution in [-0.2, 0) is 14.8 Å². The van der Waals surface area contributed by atoms with E-state index in [4.69, 9.17) is 11.6 Å². The summed E-state index contributed by atoms with van der Waals surface area (Å²) in [6.07, 6.45) is 2.49. The van der Waals surface area contributed by atoms with Crippen LogP contribution in [0.4, 0.5) is 10.5 Å². The molecule has 1 aromatic heterocycles. The quantitative estimate of drug-likeness (QED) is 0.797. The molecule has 0 fully saturated rings. The number of methoxy groups -OCH3 is 1. The van der Waals surface area contributed by atoms with Crippen molar-refractivity contribution in [3.8, 4) is 0 Å². The van der Waals surface area contributed by atoms with Crippen LogP contribution in [0.25, 0.3) is 0 Å². The number of amides is 2. The van der Waals surface area contributed by atoms with Crippen molar-refractivity contribution >= 4 is 39.3 Å². The van der Waals surface area contributed by atoms with Crippen LogP contribution in [-0.4, -0.2) is 32.5 Å². The molecule has 0 aliphatic rings. The Morgan fingerprint density at radius 3 is 2.62 bits per heavy atom. The van der Waals surface area contributed by atoms with Crippen molar-refractivity contribution in [2.24, 2.45) is 0 Å². The van der Waals surface area contributed by atoms with Gasteiger partial charge in [0, 0.05) is 17.4 Å². The molecule has 2 aromatic rings. The maximum absolute atomic E-state index is 12.0. The molecule has 0 bridgehead atoms. The number of halogens is 1. The number of urea groups is 1. The zero-order chi connectivity index (χ0) is 17.7. The van der Waals surface area contributed by atoms with Gasteiger partial charge in [-0.3, -0.25) is 4.98 Å². The number of carbonyl (C=O) groups is 2. The standard InChI is InChI=1S/C14H12ClN3O5S/c1-23-13(19)11-5-4-9(15)7-12(11)17-14(20)18-24(21,22)10-3-2-6-16-8-10/h2-8H,1H3,(H2,17,18,20). The molecule has 0 saturated carbocycles. The van der Waals surface area contributed by atoms with Gasteiger partial charge >= 0.3 is 12.0 Å². The third-order valence-electron chi connectivity index (χ3n) is 2.81. The molecule has 0 atom stereocenters. The Labute approximate surface area is 142 Å². The fourth-order valence-corrected chi connectivity index (χ4v) is 2.79. The Bertz CT molecular complexity index is 871. The van der Waals surface area contributed by atoms with Crippen molar-refractivity contribution in [3.05, 3.63) is 53.3 Å². The molecule has 0 spiro atoms. The minimum absolute atomic E-state index is 0.00763. The number of carbonyl (C=O) groups excluding carboxylic acids is 2. The van der Waals surface area contributed by atoms with Gasteiger partial charge in [0.05, 0.1) is 18.4 Å². The van der Waals surface area contributed by atoms with Crippen LogP contribution in [0.15, 0.2) is 47.6 Å². The molecule has 10 heteroatoms. The summed E-state index contributed by atoms with van der Waals surface area (Å²) in [5, 5.41) is 2.50. The molecule has 0 aliphatic carbocycles. The smallest absolute Gasteiger partial charge is 0.339 e. The van der Waals surface area contributed by atoms with E-state index in [1.807, 2.05) is 4.72 Å². The molecule has 126 valence electrons. The number of anilines is 1. The van der Waals surface area contributed by atoms with Crippen LogP contribution < -0.4 is 10.0 Å². The second-order valence-corrected chi connectivity index (χ2v) is 6.55. The van der Waals surface area contributed by atoms with Crippen LogP contribution >= 0.6 is 11.6 Å². The normalized spacial score (nSPS) is 10.8. The maximum atomic E-state index is 12.0. The van der Waals surface area contributed by atoms with Crippen molar-refractivity contribution in [1.29, 1.82) is 0 Å². The highest BCUT2D eigenvalue weighted by atomic mass is 35.5. The fourth-order valence-electron chi connectivity index (χ4n) is 1.74. The number of hydrogen-bond donors (Lipinski definition) is 2. The number of esters is 1. The molecule has 8 nitrogen and oxygen atoms in total. The number of pyridine rings is 1. The van der Waals surface area contributed by atoms with Crippen LogP contribution in [0.2, 0.25) is 5.02 Å². The van der Waals surface area contributed by atoms with E-state index < -0.39 is 22.0 Å². The number of sulfonamides is 1. The van der Waals surface area contributed by atoms with Gasteiger partial charge in [-0.15, -0.1) is 0 Å². The largest absolute Gasteiger partial charge is 0.465 e. The predicted octanol–water partition coefficient (Wildman–Crippen LogP) is 2.03. The lowest BCUT2D eigenvalue weighted by Gasteiger charge is -2.11. The van der Waals surface area contributed by atoms with Gasteiger partial charge in [0.2, 0.25) is 0 Å². The first-order valence-corrected chi connectivity index (χ1v) is 8.31. The Hall–Kier alpha value is -2.65. The molecule has 2 amide bonds. The zero-order valence-corrected chi connectivity index (χ0v) is 13.9. The molecule has 2 N–H and O–H groups in total. The Balaban J connectivity index is 2.22. The van der Waals surface area contributed by atoms with E-state index in [1.165, 1.54) is 43.6 Å². The third kappa shape index (κ3) is 4.21. The number of aromatic nitrogens is 1. The molecule has 0 aliphatic heterocycles. The lowest BCUT2D eigenvalue weighted by Crippen LogP contribution is -2.34. The lowest BCUT2D eigenvalue weighted by molar-refractivity contribution is 0.0602. The number of ether oxygens (including phenoxy) is 1. The zero-order valence-electron chi connectivity index (χ0n) is 12.3. The van der Waals surface area contributed by atoms with Gasteiger partial charge in [0.25, 0.3) is 10.0 Å². The summed E-state index contributed by atoms with van der Waals surface area (Å²) in [5.74, 6) is -0.711. The van der Waals surface area contributed by atoms with Crippen molar-refractivity contribution in [2.45, 2.75) is 4.90 Å². The monoisotopic (exact) mass is 369 g/mol. The van der Waals surface area contributed by atoms with E-state index >= 15 is 0 Å². The average Bonchev–Trinajstić information content (AvgIpc) is 2.54. The van der Waals surface area contributed by atoms with Crippen molar-refractivity contribution in [2.75, 3.05) is 12.4 Å². The summed E-state index contributed by atoms with van der Waals surface area (Å²) >= 11 is 5.83. The van der Waals surface area contributed by atoms with Crippen molar-refractivity contribution in [3.63, 3.8) is 0 Å². The van der Waals surface area contributed by atoms with E-state index in [-0.39, 0.29) is 21.2 Å². The first-order valence-electron chi connectivity index (χ1n) is 6.45. The van der Waals surface area contributed by atoms with Gasteiger partial charge in [-0.1, -0.05) is 11.6 Å². The lowest BCUT2D eigenvalue weighted by atomic mass is 10.2. The van der Waals surface area contributed by atoms with Crippen LogP contribution in [0.5, 0.6) is 0 Å². The summed E-state index contributed by atoms with van der Waals surface area (Å²) in [4.78, 5) is 27.1. The molecule has 24 heavy (non-hydrogen) atoms. The number of benzene rings is 1. The third-order valence-corrected chi connectivity index (χ3v) is 4.36. The summed E-state index contributed by atoms with van der Waals surface area (Å²) in [6.45, 7) is 0. The van der Waals surface area contributed by atoms with Crippen LogP contribution in [0.1, 0.15) is 10.4 Å². The van der Waals surface area contributed by atoms with Gasteiger partial charge in [-0.25, -0.2) is 22.7 Å². The average molecular weight is 370 g/mol. The Kier molecular flexibility index (Phi) is 5.37. The number of hydrogen-bond acceptors (Lipinski definition) is 6. The van der Waals surface area contributed by atoms with E-state index in [0.717, 1.165) is 6.20 Å². The molecule has 1 heterocycles. The Morgan fingerprint density at radius 1 is 1.25 bits per heavy atom. The number of rotatable bonds is 4. The van der Waals surface area contributed by atoms with Crippen LogP contribution in [0.3, 0.4) is 0 Å². The maximum Gasteiger partial charge on any atom is 0.339 e. The molecule has 0 saturated heterocycles. The van der Waals surface area contributed by atoms with Gasteiger partial charge < -0.3 is 10.1 Å². The molecule has 0 radical (unpaired) electrons. The molecule has 0 unspecified atom stereocenters. The number of nitrogens with one attached hydrogen (secondary N) is 2. The Morgan fingerprint density at radius 2 is 2.00 bits per heavy atom. The first-order chi connectivity index (χ1) is 11.3. The van der Waals surface area contributed by atoms with E-state index in [2.05, 4.69) is 15.0 Å². The van der Waals surface area contributed by atoms with Crippen LogP contribution in [0, 0.1) is 0 Å². The summed E-state index contributed by atoms with van der Waals surface area (Å²) in [7, 11) is -2.93. The summed E-state index contributed by atoms with van der Waals surface area (Å²) in [6, 6.07) is 5.71. The fraction of sp³-hybridized carbons (Fsp3) is 0.0714. The van der Waals surface area contributed by atoms with Crippen molar-refractivity contribution in [1.82, 2.24) is 9.71 Å². The first kappa shape index (κ1) is 17.7. The molecule has 1 aromatic carbocycles. The second-order valence-electron chi connectivity index (χ2n) is 4.43. The topological polar surface area (TPSA) is 114 Å². The highest BCUT2D eigenvalue weighted by Gasteiger charge is 2.20. The minimum atomic E-state index is -4.10. The van der Waals surface area contributed by atoms with E-state index in [0.29, 0.717) is 0 Å². The second kappa shape index (κ2) is 7.28.